The molecule has 0 amide bonds. The van der Waals surface area contributed by atoms with E-state index >= 15 is 0 Å². The molecule has 0 aliphatic carbocycles. The summed E-state index contributed by atoms with van der Waals surface area (Å²) in [5.74, 6) is 0.495. The molecule has 0 atom stereocenters. The van der Waals surface area contributed by atoms with Crippen molar-refractivity contribution in [1.82, 2.24) is 15.1 Å². The van der Waals surface area contributed by atoms with Gasteiger partial charge in [-0.15, -0.1) is 0 Å². The molecule has 0 aromatic carbocycles. The molecule has 0 bridgehead atoms. The molecular weight excluding hydrogens is 188 g/mol. The maximum atomic E-state index is 7.44. The first-order valence-electron chi connectivity index (χ1n) is 4.78. The van der Waals surface area contributed by atoms with E-state index in [1.165, 1.54) is 0 Å². The van der Waals surface area contributed by atoms with Crippen LogP contribution in [0.4, 0.5) is 0 Å². The second kappa shape index (κ2) is 4.68. The minimum absolute atomic E-state index is 0.495. The number of nitrogens with zero attached hydrogens (tertiary/aromatic N) is 3. The predicted octanol–water partition coefficient (Wildman–Crippen LogP) is 2.07. The molecule has 0 radical (unpaired) electrons. The summed E-state index contributed by atoms with van der Waals surface area (Å²) in [4.78, 5) is 1.75. The minimum Gasteiger partial charge on any atom is -0.340 e. The quantitative estimate of drug-likeness (QED) is 0.592. The van der Waals surface area contributed by atoms with Crippen molar-refractivity contribution in [2.45, 2.75) is 20.8 Å². The summed E-state index contributed by atoms with van der Waals surface area (Å²) in [6, 6.07) is 3.86. The fourth-order valence-corrected chi connectivity index (χ4v) is 1.06. The molecule has 1 N–H and O–H groups in total. The van der Waals surface area contributed by atoms with Gasteiger partial charge in [-0.05, 0) is 38.5 Å². The molecule has 0 saturated heterocycles. The van der Waals surface area contributed by atoms with Crippen LogP contribution in [-0.4, -0.2) is 28.0 Å². The van der Waals surface area contributed by atoms with E-state index in [0.29, 0.717) is 5.84 Å². The third-order valence-corrected chi connectivity index (χ3v) is 2.12. The molecule has 0 unspecified atom stereocenters. The molecule has 4 nitrogen and oxygen atoms in total. The van der Waals surface area contributed by atoms with Gasteiger partial charge in [0.05, 0.1) is 17.2 Å². The van der Waals surface area contributed by atoms with Gasteiger partial charge in [0.15, 0.2) is 0 Å². The second-order valence-electron chi connectivity index (χ2n) is 3.57. The van der Waals surface area contributed by atoms with Crippen molar-refractivity contribution in [3.63, 3.8) is 0 Å². The smallest absolute Gasteiger partial charge is 0.0963 e. The molecule has 0 aliphatic rings. The lowest BCUT2D eigenvalue weighted by Crippen LogP contribution is -2.16. The molecule has 0 aliphatic heterocycles. The Kier molecular flexibility index (Phi) is 3.55. The first kappa shape index (κ1) is 11.4. The van der Waals surface area contributed by atoms with Gasteiger partial charge in [-0.1, -0.05) is 0 Å². The zero-order valence-electron chi connectivity index (χ0n) is 9.57. The van der Waals surface area contributed by atoms with E-state index in [0.717, 1.165) is 17.0 Å². The van der Waals surface area contributed by atoms with Crippen molar-refractivity contribution in [1.29, 1.82) is 5.41 Å². The van der Waals surface area contributed by atoms with Crippen LogP contribution in [0.1, 0.15) is 25.2 Å². The van der Waals surface area contributed by atoms with E-state index in [-0.39, 0.29) is 0 Å². The highest BCUT2D eigenvalue weighted by molar-refractivity contribution is 5.78. The summed E-state index contributed by atoms with van der Waals surface area (Å²) in [5.41, 5.74) is 2.74. The van der Waals surface area contributed by atoms with Gasteiger partial charge >= 0.3 is 0 Å². The van der Waals surface area contributed by atoms with Gasteiger partial charge in [0.1, 0.15) is 0 Å². The summed E-state index contributed by atoms with van der Waals surface area (Å²) in [6.45, 7) is 5.60. The van der Waals surface area contributed by atoms with Crippen LogP contribution in [0.3, 0.4) is 0 Å². The summed E-state index contributed by atoms with van der Waals surface area (Å²) < 4.78 is 0. The Hall–Kier alpha value is -1.71. The van der Waals surface area contributed by atoms with Crippen molar-refractivity contribution in [2.24, 2.45) is 0 Å². The maximum absolute atomic E-state index is 7.44. The molecule has 80 valence electrons. The summed E-state index contributed by atoms with van der Waals surface area (Å²) in [7, 11) is 1.84. The Morgan fingerprint density at radius 1 is 1.33 bits per heavy atom. The van der Waals surface area contributed by atoms with E-state index in [9.17, 15) is 0 Å². The van der Waals surface area contributed by atoms with Crippen LogP contribution in [-0.2, 0) is 0 Å². The van der Waals surface area contributed by atoms with E-state index < -0.39 is 0 Å². The Labute approximate surface area is 90.1 Å². The molecule has 1 aromatic heterocycles. The van der Waals surface area contributed by atoms with Gasteiger partial charge in [-0.3, -0.25) is 5.41 Å². The number of nitrogens with one attached hydrogen (secondary N) is 1. The molecule has 0 spiro atoms. The zero-order valence-corrected chi connectivity index (χ0v) is 9.57. The highest BCUT2D eigenvalue weighted by atomic mass is 15.1. The maximum Gasteiger partial charge on any atom is 0.0963 e. The van der Waals surface area contributed by atoms with Crippen molar-refractivity contribution < 1.29 is 0 Å². The molecule has 0 saturated carbocycles. The lowest BCUT2D eigenvalue weighted by Gasteiger charge is -2.12. The first-order valence-corrected chi connectivity index (χ1v) is 4.78. The Balaban J connectivity index is 2.89. The van der Waals surface area contributed by atoms with Crippen LogP contribution >= 0.6 is 0 Å². The van der Waals surface area contributed by atoms with Gasteiger partial charge in [0.25, 0.3) is 0 Å². The van der Waals surface area contributed by atoms with Gasteiger partial charge in [-0.2, -0.15) is 10.2 Å². The lowest BCUT2D eigenvalue weighted by atomic mass is 10.2. The number of amidine groups is 1. The van der Waals surface area contributed by atoms with E-state index in [1.807, 2.05) is 39.2 Å². The third-order valence-electron chi connectivity index (χ3n) is 2.12. The van der Waals surface area contributed by atoms with Crippen LogP contribution < -0.4 is 0 Å². The summed E-state index contributed by atoms with van der Waals surface area (Å²) in [5, 5.41) is 15.5. The molecule has 0 fully saturated rings. The lowest BCUT2D eigenvalue weighted by molar-refractivity contribution is 0.678. The topological polar surface area (TPSA) is 52.9 Å². The highest BCUT2D eigenvalue weighted by Gasteiger charge is 2.00. The van der Waals surface area contributed by atoms with E-state index in [4.69, 9.17) is 5.41 Å². The fraction of sp³-hybridized carbons (Fsp3) is 0.364. The van der Waals surface area contributed by atoms with Crippen LogP contribution in [0.2, 0.25) is 0 Å². The average Bonchev–Trinajstić information content (AvgIpc) is 2.18. The monoisotopic (exact) mass is 204 g/mol. The van der Waals surface area contributed by atoms with Gasteiger partial charge in [0.2, 0.25) is 0 Å². The van der Waals surface area contributed by atoms with Crippen molar-refractivity contribution >= 4 is 11.4 Å². The van der Waals surface area contributed by atoms with Crippen LogP contribution in [0.5, 0.6) is 0 Å². The normalized spacial score (nSPS) is 11.3. The van der Waals surface area contributed by atoms with Crippen LogP contribution in [0, 0.1) is 12.3 Å². The number of allylic oxidation sites excluding steroid dienone is 1. The SMILES string of the molecule is CC(=N)N(C)/C=C(\C)c1ccc(C)nn1. The van der Waals surface area contributed by atoms with Gasteiger partial charge < -0.3 is 4.90 Å². The molecule has 4 heteroatoms. The number of rotatable bonds is 2. The number of hydrogen-bond donors (Lipinski definition) is 1. The minimum atomic E-state index is 0.495. The first-order chi connectivity index (χ1) is 7.00. The van der Waals surface area contributed by atoms with Crippen LogP contribution in [0.15, 0.2) is 18.3 Å². The third kappa shape index (κ3) is 3.16. The predicted molar refractivity (Wildman–Crippen MR) is 61.6 cm³/mol. The Morgan fingerprint density at radius 2 is 2.00 bits per heavy atom. The Morgan fingerprint density at radius 3 is 2.47 bits per heavy atom. The molecule has 1 rings (SSSR count). The second-order valence-corrected chi connectivity index (χ2v) is 3.57. The molecule has 1 heterocycles. The average molecular weight is 204 g/mol. The number of aromatic nitrogens is 2. The number of hydrogen-bond acceptors (Lipinski definition) is 3. The number of aryl methyl sites for hydroxylation is 1. The molecule has 1 aromatic rings. The molecule has 15 heavy (non-hydrogen) atoms. The molecular formula is C11H16N4. The zero-order chi connectivity index (χ0) is 11.4. The van der Waals surface area contributed by atoms with Crippen molar-refractivity contribution in [3.05, 3.63) is 29.7 Å². The highest BCUT2D eigenvalue weighted by Crippen LogP contribution is 2.10. The standard InChI is InChI=1S/C11H16N4/c1-8(7-15(4)10(3)12)11-6-5-9(2)13-14-11/h5-7,12H,1-4H3/b8-7+,12-10?. The van der Waals surface area contributed by atoms with Crippen LogP contribution in [0.25, 0.3) is 5.57 Å². The van der Waals surface area contributed by atoms with E-state index in [1.54, 1.807) is 11.8 Å². The Bertz CT molecular complexity index is 378. The summed E-state index contributed by atoms with van der Waals surface area (Å²) in [6.07, 6.45) is 1.88. The van der Waals surface area contributed by atoms with Gasteiger partial charge in [-0.25, -0.2) is 0 Å². The van der Waals surface area contributed by atoms with Crippen molar-refractivity contribution in [2.75, 3.05) is 7.05 Å². The van der Waals surface area contributed by atoms with E-state index in [2.05, 4.69) is 10.2 Å². The van der Waals surface area contributed by atoms with Crippen molar-refractivity contribution in [3.8, 4) is 0 Å². The fourth-order valence-electron chi connectivity index (χ4n) is 1.06. The summed E-state index contributed by atoms with van der Waals surface area (Å²) >= 11 is 0. The van der Waals surface area contributed by atoms with Gasteiger partial charge in [0, 0.05) is 13.2 Å². The largest absolute Gasteiger partial charge is 0.340 e.